The monoisotopic (exact) mass is 377 g/mol. The van der Waals surface area contributed by atoms with Crippen LogP contribution in [-0.4, -0.2) is 17.9 Å². The number of rotatable bonds is 7. The Bertz CT molecular complexity index is 916. The molecular formula is C23H27N3O2. The van der Waals surface area contributed by atoms with Gasteiger partial charge >= 0.3 is 0 Å². The van der Waals surface area contributed by atoms with Gasteiger partial charge in [-0.1, -0.05) is 31.6 Å². The predicted molar refractivity (Wildman–Crippen MR) is 115 cm³/mol. The fourth-order valence-corrected chi connectivity index (χ4v) is 3.23. The maximum atomic E-state index is 9.85. The molecular weight excluding hydrogens is 350 g/mol. The van der Waals surface area contributed by atoms with Crippen molar-refractivity contribution in [2.75, 3.05) is 12.8 Å². The zero-order valence-corrected chi connectivity index (χ0v) is 16.4. The Kier molecular flexibility index (Phi) is 6.37. The molecule has 0 aromatic heterocycles. The third-order valence-corrected chi connectivity index (χ3v) is 4.65. The van der Waals surface area contributed by atoms with Gasteiger partial charge in [0.25, 0.3) is 0 Å². The first-order valence-corrected chi connectivity index (χ1v) is 9.55. The molecule has 0 saturated carbocycles. The fourth-order valence-electron chi connectivity index (χ4n) is 3.23. The molecule has 1 aliphatic heterocycles. The van der Waals surface area contributed by atoms with E-state index in [-0.39, 0.29) is 11.8 Å². The van der Waals surface area contributed by atoms with Gasteiger partial charge in [0, 0.05) is 11.3 Å². The average molecular weight is 377 g/mol. The van der Waals surface area contributed by atoms with Crippen LogP contribution >= 0.6 is 0 Å². The van der Waals surface area contributed by atoms with E-state index in [4.69, 9.17) is 15.5 Å². The summed E-state index contributed by atoms with van der Waals surface area (Å²) in [6, 6.07) is 13.4. The Morgan fingerprint density at radius 3 is 2.86 bits per heavy atom. The summed E-state index contributed by atoms with van der Waals surface area (Å²) in [6.07, 6.45) is 8.96. The Labute approximate surface area is 166 Å². The summed E-state index contributed by atoms with van der Waals surface area (Å²) in [5, 5.41) is 13.4. The van der Waals surface area contributed by atoms with Crippen LogP contribution in [0.3, 0.4) is 0 Å². The van der Waals surface area contributed by atoms with Gasteiger partial charge in [0.15, 0.2) is 11.5 Å². The van der Waals surface area contributed by atoms with Gasteiger partial charge in [-0.2, -0.15) is 0 Å². The van der Waals surface area contributed by atoms with Crippen LogP contribution in [0.25, 0.3) is 0 Å². The molecule has 1 atom stereocenters. The van der Waals surface area contributed by atoms with Gasteiger partial charge in [0.05, 0.1) is 18.9 Å². The first kappa shape index (κ1) is 19.5. The van der Waals surface area contributed by atoms with Crippen LogP contribution in [0.15, 0.2) is 71.5 Å². The first-order valence-electron chi connectivity index (χ1n) is 9.55. The summed E-state index contributed by atoms with van der Waals surface area (Å²) in [5.74, 6) is 1.37. The summed E-state index contributed by atoms with van der Waals surface area (Å²) in [5.41, 5.74) is 9.60. The highest BCUT2D eigenvalue weighted by molar-refractivity contribution is 6.09. The number of aromatic hydroxyl groups is 1. The van der Waals surface area contributed by atoms with Crippen LogP contribution in [0.4, 0.5) is 5.69 Å². The van der Waals surface area contributed by atoms with Crippen LogP contribution in [-0.2, 0) is 0 Å². The van der Waals surface area contributed by atoms with Gasteiger partial charge in [-0.05, 0) is 60.9 Å². The number of nitrogen functional groups attached to an aromatic ring is 1. The van der Waals surface area contributed by atoms with Crippen molar-refractivity contribution in [3.8, 4) is 11.5 Å². The Morgan fingerprint density at radius 2 is 2.11 bits per heavy atom. The molecule has 28 heavy (non-hydrogen) atoms. The van der Waals surface area contributed by atoms with E-state index in [0.717, 1.165) is 47.6 Å². The second kappa shape index (κ2) is 9.13. The molecule has 2 aromatic carbocycles. The quantitative estimate of drug-likeness (QED) is 0.611. The summed E-state index contributed by atoms with van der Waals surface area (Å²) in [6.45, 7) is 2.17. The molecule has 0 bridgehead atoms. The Balaban J connectivity index is 1.88. The van der Waals surface area contributed by atoms with Gasteiger partial charge in [-0.3, -0.25) is 0 Å². The van der Waals surface area contributed by atoms with Crippen molar-refractivity contribution in [3.05, 3.63) is 77.6 Å². The third kappa shape index (κ3) is 4.74. The van der Waals surface area contributed by atoms with Gasteiger partial charge in [0.2, 0.25) is 0 Å². The lowest BCUT2D eigenvalue weighted by Crippen LogP contribution is -2.20. The van der Waals surface area contributed by atoms with Crippen LogP contribution in [0.5, 0.6) is 11.5 Å². The van der Waals surface area contributed by atoms with Crippen LogP contribution in [0.2, 0.25) is 0 Å². The number of benzene rings is 2. The molecule has 146 valence electrons. The molecule has 0 aliphatic carbocycles. The van der Waals surface area contributed by atoms with Gasteiger partial charge in [0.1, 0.15) is 5.82 Å². The number of allylic oxidation sites excluding steroid dienone is 3. The van der Waals surface area contributed by atoms with E-state index in [2.05, 4.69) is 30.5 Å². The highest BCUT2D eigenvalue weighted by Crippen LogP contribution is 2.28. The fraction of sp³-hybridized carbons (Fsp3) is 0.261. The molecule has 0 spiro atoms. The van der Waals surface area contributed by atoms with E-state index in [1.165, 1.54) is 7.11 Å². The molecule has 1 unspecified atom stereocenters. The number of phenols is 1. The Hall–Kier alpha value is -3.21. The lowest BCUT2D eigenvalue weighted by molar-refractivity contribution is 0.373. The van der Waals surface area contributed by atoms with E-state index in [9.17, 15) is 5.11 Å². The summed E-state index contributed by atoms with van der Waals surface area (Å²) in [7, 11) is 1.54. The molecule has 1 aliphatic rings. The van der Waals surface area contributed by atoms with Crippen molar-refractivity contribution < 1.29 is 9.84 Å². The summed E-state index contributed by atoms with van der Waals surface area (Å²) >= 11 is 0. The molecule has 4 N–H and O–H groups in total. The topological polar surface area (TPSA) is 79.9 Å². The van der Waals surface area contributed by atoms with Crippen LogP contribution < -0.4 is 15.8 Å². The highest BCUT2D eigenvalue weighted by Gasteiger charge is 2.14. The number of hydrogen-bond acceptors (Lipinski definition) is 5. The van der Waals surface area contributed by atoms with E-state index < -0.39 is 0 Å². The lowest BCUT2D eigenvalue weighted by atomic mass is 10.0. The molecule has 2 aromatic rings. The van der Waals surface area contributed by atoms with E-state index in [1.807, 2.05) is 30.3 Å². The SMILES string of the molecule is CCCC(NC1=CCC=CC(c2ccc(O)c(OC)c2)=N1)c1cccc(N)c1. The van der Waals surface area contributed by atoms with Crippen molar-refractivity contribution in [3.63, 3.8) is 0 Å². The van der Waals surface area contributed by atoms with Gasteiger partial charge < -0.3 is 20.9 Å². The van der Waals surface area contributed by atoms with E-state index in [1.54, 1.807) is 12.1 Å². The maximum absolute atomic E-state index is 9.85. The second-order valence-electron chi connectivity index (χ2n) is 6.77. The summed E-state index contributed by atoms with van der Waals surface area (Å²) in [4.78, 5) is 4.83. The minimum atomic E-state index is 0.114. The summed E-state index contributed by atoms with van der Waals surface area (Å²) < 4.78 is 5.23. The Morgan fingerprint density at radius 1 is 1.25 bits per heavy atom. The largest absolute Gasteiger partial charge is 0.504 e. The average Bonchev–Trinajstić information content (AvgIpc) is 2.94. The molecule has 3 rings (SSSR count). The number of hydrogen-bond donors (Lipinski definition) is 3. The van der Waals surface area contributed by atoms with Crippen LogP contribution in [0, 0.1) is 0 Å². The van der Waals surface area contributed by atoms with Crippen molar-refractivity contribution >= 4 is 11.4 Å². The van der Waals surface area contributed by atoms with Crippen molar-refractivity contribution in [2.45, 2.75) is 32.2 Å². The number of nitrogens with one attached hydrogen (secondary N) is 1. The predicted octanol–water partition coefficient (Wildman–Crippen LogP) is 4.70. The van der Waals surface area contributed by atoms with E-state index in [0.29, 0.717) is 5.75 Å². The molecule has 5 heteroatoms. The number of nitrogens with zero attached hydrogens (tertiary/aromatic N) is 1. The minimum absolute atomic E-state index is 0.114. The minimum Gasteiger partial charge on any atom is -0.504 e. The van der Waals surface area contributed by atoms with Gasteiger partial charge in [-0.15, -0.1) is 0 Å². The molecule has 5 nitrogen and oxygen atoms in total. The number of nitrogens with two attached hydrogens (primary N) is 1. The molecule has 0 saturated heterocycles. The number of ether oxygens (including phenoxy) is 1. The highest BCUT2D eigenvalue weighted by atomic mass is 16.5. The maximum Gasteiger partial charge on any atom is 0.161 e. The zero-order chi connectivity index (χ0) is 19.9. The molecule has 0 fully saturated rings. The number of methoxy groups -OCH3 is 1. The molecule has 1 heterocycles. The normalized spacial score (nSPS) is 14.6. The van der Waals surface area contributed by atoms with Crippen molar-refractivity contribution in [1.82, 2.24) is 5.32 Å². The van der Waals surface area contributed by atoms with Crippen molar-refractivity contribution in [1.29, 1.82) is 0 Å². The third-order valence-electron chi connectivity index (χ3n) is 4.65. The van der Waals surface area contributed by atoms with E-state index >= 15 is 0 Å². The molecule has 0 amide bonds. The number of aliphatic imine (C=N–C) groups is 1. The lowest BCUT2D eigenvalue weighted by Gasteiger charge is -2.21. The van der Waals surface area contributed by atoms with Crippen LogP contribution in [0.1, 0.15) is 43.4 Å². The standard InChI is InChI=1S/C23H27N3O2/c1-3-7-19(16-8-6-9-18(24)14-16)25-23-11-5-4-10-20(26-23)17-12-13-21(27)22(15-17)28-2/h4,6,8-15,19,25,27H,3,5,7,24H2,1-2H3. The number of anilines is 1. The number of phenolic OH excluding ortho intramolecular Hbond substituents is 1. The molecule has 0 radical (unpaired) electrons. The van der Waals surface area contributed by atoms with Crippen molar-refractivity contribution in [2.24, 2.45) is 4.99 Å². The second-order valence-corrected chi connectivity index (χ2v) is 6.77. The first-order chi connectivity index (χ1) is 13.6. The zero-order valence-electron chi connectivity index (χ0n) is 16.4. The van der Waals surface area contributed by atoms with Gasteiger partial charge in [-0.25, -0.2) is 4.99 Å². The smallest absolute Gasteiger partial charge is 0.161 e.